The van der Waals surface area contributed by atoms with Gasteiger partial charge in [-0.05, 0) is 6.07 Å². The molecule has 0 fully saturated rings. The lowest BCUT2D eigenvalue weighted by Gasteiger charge is -2.12. The zero-order valence-electron chi connectivity index (χ0n) is 10.5. The van der Waals surface area contributed by atoms with Crippen molar-refractivity contribution in [3.63, 3.8) is 0 Å². The number of alkyl halides is 3. The maximum Gasteiger partial charge on any atom is 0.418 e. The van der Waals surface area contributed by atoms with Gasteiger partial charge in [-0.3, -0.25) is 4.98 Å². The lowest BCUT2D eigenvalue weighted by atomic mass is 10.0. The van der Waals surface area contributed by atoms with Gasteiger partial charge in [0.1, 0.15) is 0 Å². The van der Waals surface area contributed by atoms with Crippen LogP contribution in [0, 0.1) is 11.8 Å². The Labute approximate surface area is 118 Å². The largest absolute Gasteiger partial charge is 0.472 e. The Bertz CT molecular complexity index is 728. The maximum atomic E-state index is 13.1. The summed E-state index contributed by atoms with van der Waals surface area (Å²) in [7, 11) is 0. The van der Waals surface area contributed by atoms with E-state index in [2.05, 4.69) is 10.9 Å². The normalized spacial score (nSPS) is 10.6. The molecule has 106 valence electrons. The van der Waals surface area contributed by atoms with Gasteiger partial charge in [0.2, 0.25) is 0 Å². The van der Waals surface area contributed by atoms with Crippen LogP contribution >= 0.6 is 0 Å². The van der Waals surface area contributed by atoms with Crippen LogP contribution < -0.4 is 0 Å². The number of hydrogen-bond acceptors (Lipinski definition) is 2. The fourth-order valence-electron chi connectivity index (χ4n) is 1.70. The molecule has 0 unspecified atom stereocenters. The van der Waals surface area contributed by atoms with E-state index in [-0.39, 0.29) is 11.3 Å². The van der Waals surface area contributed by atoms with Gasteiger partial charge in [-0.2, -0.15) is 13.2 Å². The first-order valence-corrected chi connectivity index (χ1v) is 5.75. The second-order valence-electron chi connectivity index (χ2n) is 4.04. The number of hydrogen-bond donors (Lipinski definition) is 1. The molecule has 0 bridgehead atoms. The number of carboxylic acid groups (broad SMARTS) is 1. The van der Waals surface area contributed by atoms with Crippen LogP contribution in [0.3, 0.4) is 0 Å². The molecule has 3 nitrogen and oxygen atoms in total. The number of pyridine rings is 1. The van der Waals surface area contributed by atoms with E-state index >= 15 is 0 Å². The molecule has 2 rings (SSSR count). The molecule has 0 aliphatic heterocycles. The summed E-state index contributed by atoms with van der Waals surface area (Å²) in [6.07, 6.45) is -3.49. The lowest BCUT2D eigenvalue weighted by Crippen LogP contribution is -2.09. The van der Waals surface area contributed by atoms with E-state index in [0.29, 0.717) is 5.56 Å². The van der Waals surface area contributed by atoms with Crippen LogP contribution in [0.4, 0.5) is 13.2 Å². The van der Waals surface area contributed by atoms with Gasteiger partial charge in [0.25, 0.3) is 0 Å². The number of aliphatic carboxylic acids is 1. The summed E-state index contributed by atoms with van der Waals surface area (Å²) in [5, 5.41) is 8.42. The van der Waals surface area contributed by atoms with Crippen molar-refractivity contribution in [2.75, 3.05) is 0 Å². The van der Waals surface area contributed by atoms with E-state index < -0.39 is 17.7 Å². The van der Waals surface area contributed by atoms with Crippen LogP contribution in [0.5, 0.6) is 0 Å². The highest BCUT2D eigenvalue weighted by atomic mass is 19.4. The van der Waals surface area contributed by atoms with Crippen molar-refractivity contribution in [3.8, 4) is 23.1 Å². The summed E-state index contributed by atoms with van der Waals surface area (Å²) in [6.45, 7) is 0. The van der Waals surface area contributed by atoms with Crippen LogP contribution in [-0.4, -0.2) is 16.1 Å². The van der Waals surface area contributed by atoms with Crippen LogP contribution in [-0.2, 0) is 11.0 Å². The molecule has 6 heteroatoms. The van der Waals surface area contributed by atoms with Gasteiger partial charge in [-0.1, -0.05) is 36.3 Å². The molecule has 0 saturated heterocycles. The van der Waals surface area contributed by atoms with Crippen molar-refractivity contribution >= 4 is 5.97 Å². The zero-order valence-corrected chi connectivity index (χ0v) is 10.5. The Morgan fingerprint density at radius 3 is 2.43 bits per heavy atom. The number of carbonyl (C=O) groups is 1. The molecule has 0 aliphatic carbocycles. The van der Waals surface area contributed by atoms with Gasteiger partial charge in [0.15, 0.2) is 0 Å². The van der Waals surface area contributed by atoms with Crippen molar-refractivity contribution in [1.29, 1.82) is 0 Å². The van der Waals surface area contributed by atoms with Crippen LogP contribution in [0.15, 0.2) is 42.6 Å². The molecule has 1 aromatic heterocycles. The average molecular weight is 291 g/mol. The summed E-state index contributed by atoms with van der Waals surface area (Å²) in [4.78, 5) is 14.1. The molecular weight excluding hydrogens is 283 g/mol. The third-order valence-electron chi connectivity index (χ3n) is 2.55. The molecule has 1 N–H and O–H groups in total. The highest BCUT2D eigenvalue weighted by Crippen LogP contribution is 2.36. The van der Waals surface area contributed by atoms with Gasteiger partial charge in [-0.25, -0.2) is 4.79 Å². The number of nitrogens with zero attached hydrogens (tertiary/aromatic N) is 1. The Balaban J connectivity index is 2.58. The molecule has 1 aromatic carbocycles. The Morgan fingerprint density at radius 2 is 1.86 bits per heavy atom. The summed E-state index contributed by atoms with van der Waals surface area (Å²) in [6, 6.07) is 8.72. The van der Waals surface area contributed by atoms with E-state index in [1.807, 2.05) is 0 Å². The average Bonchev–Trinajstić information content (AvgIpc) is 2.45. The zero-order chi connectivity index (χ0) is 15.5. The quantitative estimate of drug-likeness (QED) is 0.821. The molecular formula is C15H8F3NO2. The van der Waals surface area contributed by atoms with Crippen molar-refractivity contribution in [2.24, 2.45) is 0 Å². The fourth-order valence-corrected chi connectivity index (χ4v) is 1.70. The highest BCUT2D eigenvalue weighted by Gasteiger charge is 2.34. The Kier molecular flexibility index (Phi) is 3.94. The van der Waals surface area contributed by atoms with Gasteiger partial charge < -0.3 is 5.11 Å². The Morgan fingerprint density at radius 1 is 1.19 bits per heavy atom. The monoisotopic (exact) mass is 291 g/mol. The lowest BCUT2D eigenvalue weighted by molar-refractivity contribution is -0.137. The molecule has 2 aromatic rings. The molecule has 0 radical (unpaired) electrons. The smallest absolute Gasteiger partial charge is 0.418 e. The van der Waals surface area contributed by atoms with E-state index in [4.69, 9.17) is 5.11 Å². The van der Waals surface area contributed by atoms with Gasteiger partial charge in [0, 0.05) is 23.2 Å². The fraction of sp³-hybridized carbons (Fsp3) is 0.0667. The minimum atomic E-state index is -4.61. The van der Waals surface area contributed by atoms with Crippen LogP contribution in [0.1, 0.15) is 11.1 Å². The first-order valence-electron chi connectivity index (χ1n) is 5.75. The maximum absolute atomic E-state index is 13.1. The summed E-state index contributed by atoms with van der Waals surface area (Å²) >= 11 is 0. The predicted octanol–water partition coefficient (Wildman–Crippen LogP) is 3.20. The van der Waals surface area contributed by atoms with E-state index in [0.717, 1.165) is 12.3 Å². The minimum absolute atomic E-state index is 0.107. The first kappa shape index (κ1) is 14.6. The first-order chi connectivity index (χ1) is 9.88. The minimum Gasteiger partial charge on any atom is -0.472 e. The standard InChI is InChI=1S/C15H8F3NO2/c16-15(17,18)12-8-10(6-7-13(20)21)9-19-14(12)11-4-2-1-3-5-11/h1-5,8-9H,(H,20,21). The third-order valence-corrected chi connectivity index (χ3v) is 2.55. The van der Waals surface area contributed by atoms with E-state index in [1.54, 1.807) is 24.1 Å². The van der Waals surface area contributed by atoms with Crippen molar-refractivity contribution in [2.45, 2.75) is 6.18 Å². The van der Waals surface area contributed by atoms with Crippen LogP contribution in [0.25, 0.3) is 11.3 Å². The summed E-state index contributed by atoms with van der Waals surface area (Å²) < 4.78 is 39.3. The predicted molar refractivity (Wildman–Crippen MR) is 69.2 cm³/mol. The SMILES string of the molecule is O=C(O)C#Cc1cnc(-c2ccccc2)c(C(F)(F)F)c1. The molecule has 0 saturated carbocycles. The summed E-state index contributed by atoms with van der Waals surface area (Å²) in [5.74, 6) is 2.46. The summed E-state index contributed by atoms with van der Waals surface area (Å²) in [5.41, 5.74) is -0.957. The van der Waals surface area contributed by atoms with Gasteiger partial charge >= 0.3 is 12.1 Å². The Hall–Kier alpha value is -2.81. The molecule has 0 spiro atoms. The third kappa shape index (κ3) is 3.60. The number of carboxylic acids is 1. The number of halogens is 3. The van der Waals surface area contributed by atoms with Crippen molar-refractivity contribution in [3.05, 3.63) is 53.7 Å². The second-order valence-corrected chi connectivity index (χ2v) is 4.04. The van der Waals surface area contributed by atoms with Crippen molar-refractivity contribution < 1.29 is 23.1 Å². The van der Waals surface area contributed by atoms with Crippen molar-refractivity contribution in [1.82, 2.24) is 4.98 Å². The number of benzene rings is 1. The van der Waals surface area contributed by atoms with Gasteiger partial charge in [0.05, 0.1) is 11.3 Å². The molecule has 0 atom stereocenters. The van der Waals surface area contributed by atoms with Crippen LogP contribution in [0.2, 0.25) is 0 Å². The number of rotatable bonds is 1. The second kappa shape index (κ2) is 5.67. The molecule has 0 aliphatic rings. The van der Waals surface area contributed by atoms with Gasteiger partial charge in [-0.15, -0.1) is 0 Å². The number of aromatic nitrogens is 1. The van der Waals surface area contributed by atoms with E-state index in [9.17, 15) is 18.0 Å². The molecule has 0 amide bonds. The molecule has 21 heavy (non-hydrogen) atoms. The topological polar surface area (TPSA) is 50.2 Å². The van der Waals surface area contributed by atoms with E-state index in [1.165, 1.54) is 12.1 Å². The highest BCUT2D eigenvalue weighted by molar-refractivity contribution is 5.87. The molecule has 1 heterocycles.